The van der Waals surface area contributed by atoms with Gasteiger partial charge in [0, 0.05) is 23.9 Å². The molecule has 76 valence electrons. The molecule has 2 rings (SSSR count). The molecule has 1 aromatic heterocycles. The van der Waals surface area contributed by atoms with Crippen LogP contribution in [-0.2, 0) is 6.42 Å². The molecular formula is C11H16N2O. The van der Waals surface area contributed by atoms with Gasteiger partial charge in [-0.25, -0.2) is 9.97 Å². The van der Waals surface area contributed by atoms with Crippen molar-refractivity contribution in [3.63, 3.8) is 0 Å². The molecule has 0 saturated heterocycles. The van der Waals surface area contributed by atoms with Gasteiger partial charge in [0.05, 0.1) is 6.10 Å². The van der Waals surface area contributed by atoms with E-state index in [0.29, 0.717) is 0 Å². The van der Waals surface area contributed by atoms with Crippen LogP contribution in [0.5, 0.6) is 0 Å². The summed E-state index contributed by atoms with van der Waals surface area (Å²) in [5.41, 5.74) is 1.75. The molecule has 3 nitrogen and oxygen atoms in total. The van der Waals surface area contributed by atoms with Crippen LogP contribution in [0.15, 0.2) is 6.20 Å². The van der Waals surface area contributed by atoms with Crippen LogP contribution >= 0.6 is 0 Å². The van der Waals surface area contributed by atoms with E-state index in [9.17, 15) is 5.11 Å². The van der Waals surface area contributed by atoms with Crippen LogP contribution in [0, 0.1) is 12.8 Å². The molecule has 1 N–H and O–H groups in total. The van der Waals surface area contributed by atoms with Crippen LogP contribution in [0.3, 0.4) is 0 Å². The van der Waals surface area contributed by atoms with E-state index in [4.69, 9.17) is 0 Å². The van der Waals surface area contributed by atoms with Crippen molar-refractivity contribution in [1.82, 2.24) is 9.97 Å². The Labute approximate surface area is 84.2 Å². The monoisotopic (exact) mass is 192 g/mol. The summed E-state index contributed by atoms with van der Waals surface area (Å²) in [6.45, 7) is 3.67. The predicted octanol–water partition coefficient (Wildman–Crippen LogP) is 1.79. The molecule has 0 aromatic carbocycles. The van der Waals surface area contributed by atoms with Gasteiger partial charge in [-0.05, 0) is 32.6 Å². The van der Waals surface area contributed by atoms with Crippen LogP contribution in [0.25, 0.3) is 0 Å². The van der Waals surface area contributed by atoms with Crippen LogP contribution in [0.1, 0.15) is 43.0 Å². The Balaban J connectivity index is 2.16. The maximum atomic E-state index is 9.41. The summed E-state index contributed by atoms with van der Waals surface area (Å²) < 4.78 is 0. The SMILES string of the molecule is Cc1nc(CC2CC2)ncc1[C@@H](C)O. The predicted molar refractivity (Wildman–Crippen MR) is 53.8 cm³/mol. The van der Waals surface area contributed by atoms with Gasteiger partial charge in [-0.3, -0.25) is 0 Å². The Morgan fingerprint density at radius 1 is 1.57 bits per heavy atom. The second-order valence-electron chi connectivity index (χ2n) is 4.15. The van der Waals surface area contributed by atoms with E-state index in [1.165, 1.54) is 12.8 Å². The van der Waals surface area contributed by atoms with Crippen molar-refractivity contribution in [3.8, 4) is 0 Å². The van der Waals surface area contributed by atoms with Gasteiger partial charge < -0.3 is 5.11 Å². The third kappa shape index (κ3) is 2.10. The molecule has 1 fully saturated rings. The summed E-state index contributed by atoms with van der Waals surface area (Å²) in [6, 6.07) is 0. The molecule has 1 aliphatic rings. The molecule has 0 amide bonds. The number of aliphatic hydroxyl groups excluding tert-OH is 1. The molecule has 1 saturated carbocycles. The van der Waals surface area contributed by atoms with E-state index in [1.807, 2.05) is 6.92 Å². The Kier molecular flexibility index (Phi) is 2.50. The van der Waals surface area contributed by atoms with Gasteiger partial charge in [-0.1, -0.05) is 0 Å². The molecule has 1 aromatic rings. The van der Waals surface area contributed by atoms with Crippen molar-refractivity contribution in [2.45, 2.75) is 39.2 Å². The number of aliphatic hydroxyl groups is 1. The molecule has 1 heterocycles. The van der Waals surface area contributed by atoms with Crippen LogP contribution in [0.2, 0.25) is 0 Å². The minimum absolute atomic E-state index is 0.468. The minimum atomic E-state index is -0.468. The zero-order valence-electron chi connectivity index (χ0n) is 8.70. The Hall–Kier alpha value is -0.960. The molecule has 14 heavy (non-hydrogen) atoms. The largest absolute Gasteiger partial charge is 0.389 e. The van der Waals surface area contributed by atoms with Crippen LogP contribution < -0.4 is 0 Å². The van der Waals surface area contributed by atoms with Gasteiger partial charge in [-0.2, -0.15) is 0 Å². The topological polar surface area (TPSA) is 46.0 Å². The van der Waals surface area contributed by atoms with Crippen molar-refractivity contribution in [3.05, 3.63) is 23.3 Å². The summed E-state index contributed by atoms with van der Waals surface area (Å²) in [6.07, 6.45) is 4.93. The molecule has 3 heteroatoms. The van der Waals surface area contributed by atoms with Crippen molar-refractivity contribution >= 4 is 0 Å². The van der Waals surface area contributed by atoms with Crippen LogP contribution in [0.4, 0.5) is 0 Å². The number of rotatable bonds is 3. The quantitative estimate of drug-likeness (QED) is 0.794. The summed E-state index contributed by atoms with van der Waals surface area (Å²) in [7, 11) is 0. The maximum Gasteiger partial charge on any atom is 0.128 e. The molecule has 1 atom stereocenters. The molecule has 1 aliphatic carbocycles. The third-order valence-electron chi connectivity index (χ3n) is 2.69. The average Bonchev–Trinajstić information content (AvgIpc) is 2.87. The van der Waals surface area contributed by atoms with Crippen molar-refractivity contribution in [2.75, 3.05) is 0 Å². The fourth-order valence-corrected chi connectivity index (χ4v) is 1.61. The van der Waals surface area contributed by atoms with Crippen molar-refractivity contribution in [1.29, 1.82) is 0 Å². The van der Waals surface area contributed by atoms with Gasteiger partial charge in [0.2, 0.25) is 0 Å². The first-order chi connectivity index (χ1) is 6.66. The van der Waals surface area contributed by atoms with Gasteiger partial charge in [0.15, 0.2) is 0 Å². The fourth-order valence-electron chi connectivity index (χ4n) is 1.61. The van der Waals surface area contributed by atoms with E-state index in [2.05, 4.69) is 9.97 Å². The van der Waals surface area contributed by atoms with E-state index in [-0.39, 0.29) is 0 Å². The summed E-state index contributed by atoms with van der Waals surface area (Å²) >= 11 is 0. The Bertz CT molecular complexity index is 332. The lowest BCUT2D eigenvalue weighted by atomic mass is 10.1. The zero-order chi connectivity index (χ0) is 10.1. The van der Waals surface area contributed by atoms with E-state index >= 15 is 0 Å². The van der Waals surface area contributed by atoms with Gasteiger partial charge in [-0.15, -0.1) is 0 Å². The lowest BCUT2D eigenvalue weighted by molar-refractivity contribution is 0.197. The second kappa shape index (κ2) is 3.65. The third-order valence-corrected chi connectivity index (χ3v) is 2.69. The average molecular weight is 192 g/mol. The first-order valence-electron chi connectivity index (χ1n) is 5.17. The highest BCUT2D eigenvalue weighted by Crippen LogP contribution is 2.31. The Morgan fingerprint density at radius 2 is 2.29 bits per heavy atom. The summed E-state index contributed by atoms with van der Waals surface area (Å²) in [4.78, 5) is 8.67. The molecular weight excluding hydrogens is 176 g/mol. The zero-order valence-corrected chi connectivity index (χ0v) is 8.70. The second-order valence-corrected chi connectivity index (χ2v) is 4.15. The smallest absolute Gasteiger partial charge is 0.128 e. The molecule has 0 radical (unpaired) electrons. The first-order valence-corrected chi connectivity index (χ1v) is 5.17. The molecule has 0 bridgehead atoms. The number of nitrogens with zero attached hydrogens (tertiary/aromatic N) is 2. The highest BCUT2D eigenvalue weighted by Gasteiger charge is 2.23. The maximum absolute atomic E-state index is 9.41. The van der Waals surface area contributed by atoms with E-state index < -0.39 is 6.10 Å². The lowest BCUT2D eigenvalue weighted by Crippen LogP contribution is -2.04. The molecule has 0 aliphatic heterocycles. The van der Waals surface area contributed by atoms with E-state index in [0.717, 1.165) is 29.4 Å². The van der Waals surface area contributed by atoms with Gasteiger partial charge in [0.25, 0.3) is 0 Å². The minimum Gasteiger partial charge on any atom is -0.389 e. The van der Waals surface area contributed by atoms with Gasteiger partial charge in [0.1, 0.15) is 5.82 Å². The summed E-state index contributed by atoms with van der Waals surface area (Å²) in [5.74, 6) is 1.74. The normalized spacial score (nSPS) is 18.2. The van der Waals surface area contributed by atoms with E-state index in [1.54, 1.807) is 13.1 Å². The molecule has 0 spiro atoms. The highest BCUT2D eigenvalue weighted by molar-refractivity contribution is 5.18. The standard InChI is InChI=1S/C11H16N2O/c1-7-10(8(2)14)6-12-11(13-7)5-9-3-4-9/h6,8-9,14H,3-5H2,1-2H3/t8-/m1/s1. The highest BCUT2D eigenvalue weighted by atomic mass is 16.3. The van der Waals surface area contributed by atoms with Crippen molar-refractivity contribution < 1.29 is 5.11 Å². The number of hydrogen-bond donors (Lipinski definition) is 1. The van der Waals surface area contributed by atoms with Crippen molar-refractivity contribution in [2.24, 2.45) is 5.92 Å². The molecule has 0 unspecified atom stereocenters. The fraction of sp³-hybridized carbons (Fsp3) is 0.636. The number of hydrogen-bond acceptors (Lipinski definition) is 3. The lowest BCUT2D eigenvalue weighted by Gasteiger charge is -2.08. The van der Waals surface area contributed by atoms with Gasteiger partial charge >= 0.3 is 0 Å². The van der Waals surface area contributed by atoms with Crippen LogP contribution in [-0.4, -0.2) is 15.1 Å². The number of aryl methyl sites for hydroxylation is 1. The Morgan fingerprint density at radius 3 is 2.79 bits per heavy atom. The first kappa shape index (κ1) is 9.59. The number of aromatic nitrogens is 2. The summed E-state index contributed by atoms with van der Waals surface area (Å²) in [5, 5.41) is 9.41.